The summed E-state index contributed by atoms with van der Waals surface area (Å²) >= 11 is 1.64. The molecule has 35 heavy (non-hydrogen) atoms. The quantitative estimate of drug-likeness (QED) is 0.320. The Kier molecular flexibility index (Phi) is 7.57. The fourth-order valence-corrected chi connectivity index (χ4v) is 5.64. The van der Waals surface area contributed by atoms with Gasteiger partial charge in [0.1, 0.15) is 23.5 Å². The number of halogens is 1. The van der Waals surface area contributed by atoms with E-state index in [9.17, 15) is 9.65 Å². The Bertz CT molecular complexity index is 1270. The summed E-state index contributed by atoms with van der Waals surface area (Å²) in [5, 5.41) is 10.6. The topological polar surface area (TPSA) is 54.6 Å². The molecule has 3 aromatic rings. The lowest BCUT2D eigenvalue weighted by Gasteiger charge is -2.33. The Balaban J connectivity index is 1.54. The maximum Gasteiger partial charge on any atom is 0.161 e. The predicted molar refractivity (Wildman–Crippen MR) is 140 cm³/mol. The molecule has 0 unspecified atom stereocenters. The first kappa shape index (κ1) is 24.9. The van der Waals surface area contributed by atoms with Gasteiger partial charge in [0.15, 0.2) is 11.5 Å². The summed E-state index contributed by atoms with van der Waals surface area (Å²) in [6.45, 7) is 9.37. The van der Waals surface area contributed by atoms with Crippen molar-refractivity contribution in [2.24, 2.45) is 16.3 Å². The summed E-state index contributed by atoms with van der Waals surface area (Å²) in [7, 11) is 0. The molecule has 4 rings (SSSR count). The zero-order valence-electron chi connectivity index (χ0n) is 20.7. The second kappa shape index (κ2) is 10.6. The summed E-state index contributed by atoms with van der Waals surface area (Å²) in [5.74, 6) is 1.44. The average Bonchev–Trinajstić information content (AvgIpc) is 3.19. The van der Waals surface area contributed by atoms with E-state index in [1.54, 1.807) is 35.8 Å². The van der Waals surface area contributed by atoms with E-state index in [1.807, 2.05) is 25.1 Å². The van der Waals surface area contributed by atoms with Crippen LogP contribution in [-0.2, 0) is 19.4 Å². The molecule has 4 nitrogen and oxygen atoms in total. The molecule has 1 heterocycles. The van der Waals surface area contributed by atoms with Crippen LogP contribution < -0.4 is 9.47 Å². The van der Waals surface area contributed by atoms with Gasteiger partial charge in [0.05, 0.1) is 12.2 Å². The molecule has 0 radical (unpaired) electrons. The number of nitriles is 1. The van der Waals surface area contributed by atoms with Crippen molar-refractivity contribution in [2.75, 3.05) is 6.61 Å². The average molecular weight is 491 g/mol. The third-order valence-corrected chi connectivity index (χ3v) is 7.69. The van der Waals surface area contributed by atoms with E-state index in [-0.39, 0.29) is 17.8 Å². The lowest BCUT2D eigenvalue weighted by molar-refractivity contribution is 0.218. The molecule has 0 saturated heterocycles. The smallest absolute Gasteiger partial charge is 0.161 e. The van der Waals surface area contributed by atoms with Gasteiger partial charge in [-0.2, -0.15) is 5.26 Å². The number of ether oxygens (including phenoxy) is 2. The number of nitrogens with zero attached hydrogens (tertiary/aromatic N) is 2. The molecule has 182 valence electrons. The molecule has 0 bridgehead atoms. The summed E-state index contributed by atoms with van der Waals surface area (Å²) in [4.78, 5) is 6.00. The molecular formula is C29H31FN2O2S. The van der Waals surface area contributed by atoms with Crippen LogP contribution in [0, 0.1) is 28.5 Å². The fourth-order valence-electron chi connectivity index (χ4n) is 4.41. The molecule has 1 aliphatic carbocycles. The molecule has 0 fully saturated rings. The molecule has 0 amide bonds. The van der Waals surface area contributed by atoms with Crippen LogP contribution in [0.4, 0.5) is 9.39 Å². The van der Waals surface area contributed by atoms with Crippen molar-refractivity contribution in [3.63, 3.8) is 0 Å². The van der Waals surface area contributed by atoms with Crippen LogP contribution >= 0.6 is 11.3 Å². The minimum absolute atomic E-state index is 0.113. The zero-order valence-corrected chi connectivity index (χ0v) is 21.5. The van der Waals surface area contributed by atoms with Crippen molar-refractivity contribution in [2.45, 2.75) is 53.6 Å². The van der Waals surface area contributed by atoms with Crippen LogP contribution in [0.1, 0.15) is 61.2 Å². The van der Waals surface area contributed by atoms with Gasteiger partial charge in [-0.05, 0) is 72.9 Å². The molecule has 0 N–H and O–H groups in total. The molecule has 0 spiro atoms. The molecule has 0 saturated carbocycles. The number of rotatable bonds is 7. The largest absolute Gasteiger partial charge is 0.490 e. The lowest BCUT2D eigenvalue weighted by atomic mass is 9.72. The van der Waals surface area contributed by atoms with Crippen LogP contribution in [-0.4, -0.2) is 12.8 Å². The van der Waals surface area contributed by atoms with Crippen molar-refractivity contribution in [1.29, 1.82) is 5.26 Å². The van der Waals surface area contributed by atoms with Crippen molar-refractivity contribution in [1.82, 2.24) is 0 Å². The van der Waals surface area contributed by atoms with E-state index < -0.39 is 0 Å². The van der Waals surface area contributed by atoms with Crippen LogP contribution in [0.5, 0.6) is 11.5 Å². The van der Waals surface area contributed by atoms with E-state index in [2.05, 4.69) is 26.8 Å². The summed E-state index contributed by atoms with van der Waals surface area (Å²) in [6, 6.07) is 14.5. The van der Waals surface area contributed by atoms with Crippen molar-refractivity contribution < 1.29 is 13.9 Å². The first-order valence-electron chi connectivity index (χ1n) is 12.0. The highest BCUT2D eigenvalue weighted by Gasteiger charge is 2.32. The summed E-state index contributed by atoms with van der Waals surface area (Å²) in [6.07, 6.45) is 4.82. The first-order valence-corrected chi connectivity index (χ1v) is 12.8. The van der Waals surface area contributed by atoms with E-state index in [1.165, 1.54) is 16.5 Å². The molecule has 2 aromatic carbocycles. The number of fused-ring (bicyclic) bond motifs is 1. The Morgan fingerprint density at radius 3 is 2.69 bits per heavy atom. The Hall–Kier alpha value is -3.17. The van der Waals surface area contributed by atoms with Crippen LogP contribution in [0.3, 0.4) is 0 Å². The maximum absolute atomic E-state index is 13.9. The number of thiophene rings is 1. The van der Waals surface area contributed by atoms with Gasteiger partial charge >= 0.3 is 0 Å². The maximum atomic E-state index is 13.9. The van der Waals surface area contributed by atoms with Gasteiger partial charge in [-0.3, -0.25) is 0 Å². The third kappa shape index (κ3) is 5.74. The molecule has 6 heteroatoms. The number of aliphatic imine (C=N–C) groups is 1. The van der Waals surface area contributed by atoms with Gasteiger partial charge in [-0.15, -0.1) is 11.3 Å². The van der Waals surface area contributed by atoms with Gasteiger partial charge < -0.3 is 9.47 Å². The Labute approximate surface area is 211 Å². The molecule has 1 atom stereocenters. The predicted octanol–water partition coefficient (Wildman–Crippen LogP) is 7.64. The Morgan fingerprint density at radius 2 is 1.97 bits per heavy atom. The zero-order chi connectivity index (χ0) is 25.0. The SMILES string of the molecule is CCOc1cc(C=Nc2sc3c(c2C#N)CC[C@H](C(C)(C)C)C3)ccc1OCc1ccccc1F. The van der Waals surface area contributed by atoms with E-state index >= 15 is 0 Å². The van der Waals surface area contributed by atoms with Gasteiger partial charge in [0.2, 0.25) is 0 Å². The molecule has 1 aromatic heterocycles. The standard InChI is InChI=1S/C29H31FN2O2S/c1-5-33-26-14-19(10-13-25(26)34-18-20-8-6-7-9-24(20)30)17-32-28-23(16-31)22-12-11-21(29(2,3)4)15-27(22)35-28/h6-10,13-14,17,21H,5,11-12,15,18H2,1-4H3/t21-/m0/s1. The number of hydrogen-bond donors (Lipinski definition) is 0. The molecular weight excluding hydrogens is 459 g/mol. The van der Waals surface area contributed by atoms with E-state index in [4.69, 9.17) is 14.5 Å². The number of benzene rings is 2. The van der Waals surface area contributed by atoms with E-state index in [0.29, 0.717) is 35.2 Å². The highest BCUT2D eigenvalue weighted by atomic mass is 32.1. The van der Waals surface area contributed by atoms with Gasteiger partial charge in [0, 0.05) is 16.7 Å². The van der Waals surface area contributed by atoms with Crippen molar-refractivity contribution >= 4 is 22.6 Å². The van der Waals surface area contributed by atoms with Crippen molar-refractivity contribution in [3.8, 4) is 17.6 Å². The van der Waals surface area contributed by atoms with Gasteiger partial charge in [-0.25, -0.2) is 9.38 Å². The van der Waals surface area contributed by atoms with Crippen LogP contribution in [0.2, 0.25) is 0 Å². The third-order valence-electron chi connectivity index (χ3n) is 6.52. The minimum Gasteiger partial charge on any atom is -0.490 e. The van der Waals surface area contributed by atoms with Gasteiger partial charge in [0.25, 0.3) is 0 Å². The van der Waals surface area contributed by atoms with Crippen molar-refractivity contribution in [3.05, 3.63) is 75.4 Å². The normalized spacial score (nSPS) is 15.6. The van der Waals surface area contributed by atoms with Gasteiger partial charge in [-0.1, -0.05) is 39.0 Å². The highest BCUT2D eigenvalue weighted by molar-refractivity contribution is 7.16. The van der Waals surface area contributed by atoms with Crippen LogP contribution in [0.25, 0.3) is 0 Å². The molecule has 0 aliphatic heterocycles. The first-order chi connectivity index (χ1) is 16.8. The minimum atomic E-state index is -0.296. The van der Waals surface area contributed by atoms with Crippen LogP contribution in [0.15, 0.2) is 47.5 Å². The molecule has 1 aliphatic rings. The highest BCUT2D eigenvalue weighted by Crippen LogP contribution is 2.45. The lowest BCUT2D eigenvalue weighted by Crippen LogP contribution is -2.26. The number of hydrogen-bond acceptors (Lipinski definition) is 5. The Morgan fingerprint density at radius 1 is 1.17 bits per heavy atom. The second-order valence-corrected chi connectivity index (χ2v) is 11.0. The fraction of sp³-hybridized carbons (Fsp3) is 0.379. The second-order valence-electron chi connectivity index (χ2n) is 9.88. The van der Waals surface area contributed by atoms with E-state index in [0.717, 1.165) is 29.8 Å². The monoisotopic (exact) mass is 490 g/mol. The summed E-state index contributed by atoms with van der Waals surface area (Å²) < 4.78 is 25.6. The summed E-state index contributed by atoms with van der Waals surface area (Å²) in [5.41, 5.74) is 3.47.